The number of nitrogens with zero attached hydrogens (tertiary/aromatic N) is 4. The predicted molar refractivity (Wildman–Crippen MR) is 171 cm³/mol. The minimum Gasteiger partial charge on any atom is -0.508 e. The van der Waals surface area contributed by atoms with E-state index in [0.29, 0.717) is 17.5 Å². The second kappa shape index (κ2) is 11.1. The van der Waals surface area contributed by atoms with Crippen LogP contribution >= 0.6 is 0 Å². The van der Waals surface area contributed by atoms with Gasteiger partial charge in [0.15, 0.2) is 17.4 Å². The second-order valence-electron chi connectivity index (χ2n) is 12.1. The van der Waals surface area contributed by atoms with E-state index in [1.54, 1.807) is 0 Å². The van der Waals surface area contributed by atoms with Crippen LogP contribution in [0.3, 0.4) is 0 Å². The molecule has 7 rings (SSSR count). The van der Waals surface area contributed by atoms with Gasteiger partial charge in [-0.15, -0.1) is 29.7 Å². The Balaban J connectivity index is 0.00000329. The van der Waals surface area contributed by atoms with Crippen LogP contribution in [-0.4, -0.2) is 18.7 Å². The Morgan fingerprint density at radius 1 is 0.767 bits per heavy atom. The Morgan fingerprint density at radius 2 is 1.49 bits per heavy atom. The first-order valence-corrected chi connectivity index (χ1v) is 14.4. The number of hydrogen-bond acceptors (Lipinski definition) is 2. The Hall–Kier alpha value is -4.21. The topological polar surface area (TPSA) is 36.9 Å². The zero-order valence-electron chi connectivity index (χ0n) is 24.9. The van der Waals surface area contributed by atoms with E-state index in [9.17, 15) is 0 Å². The summed E-state index contributed by atoms with van der Waals surface area (Å²) in [5.74, 6) is 2.13. The number of benzene rings is 4. The molecule has 0 aliphatic rings. The fourth-order valence-corrected chi connectivity index (χ4v) is 5.67. The number of pyridine rings is 1. The van der Waals surface area contributed by atoms with E-state index in [4.69, 9.17) is 9.72 Å². The fourth-order valence-electron chi connectivity index (χ4n) is 5.67. The van der Waals surface area contributed by atoms with Crippen LogP contribution in [0.25, 0.3) is 44.3 Å². The number of aromatic nitrogens is 4. The summed E-state index contributed by atoms with van der Waals surface area (Å²) in [7, 11) is 0. The Labute approximate surface area is 266 Å². The first kappa shape index (κ1) is 28.9. The molecule has 0 N–H and O–H groups in total. The molecular formula is C37H33N4OPt-. The van der Waals surface area contributed by atoms with Crippen molar-refractivity contribution in [3.63, 3.8) is 0 Å². The number of ether oxygens (including phenoxy) is 1. The van der Waals surface area contributed by atoms with Crippen LogP contribution in [0.5, 0.6) is 11.5 Å². The largest absolute Gasteiger partial charge is 0.508 e. The van der Waals surface area contributed by atoms with Crippen LogP contribution in [0.4, 0.5) is 0 Å². The molecule has 0 atom stereocenters. The van der Waals surface area contributed by atoms with Gasteiger partial charge in [-0.05, 0) is 60.5 Å². The molecule has 7 aromatic rings. The monoisotopic (exact) mass is 744 g/mol. The molecule has 218 valence electrons. The van der Waals surface area contributed by atoms with Gasteiger partial charge in [-0.1, -0.05) is 50.6 Å². The SMILES string of the molecule is CC(C)n1[cH+]n(-c2[c-]c(Oc3[c-]c4c(cc3)c3ccccc3n4-c3cc(C(C)(C)C)ccn3)ccc2)c2ccccc21.[Pt]. The molecule has 0 bridgehead atoms. The maximum atomic E-state index is 6.41. The summed E-state index contributed by atoms with van der Waals surface area (Å²) in [6.45, 7) is 11.1. The van der Waals surface area contributed by atoms with Crippen LogP contribution < -0.4 is 4.74 Å². The third kappa shape index (κ3) is 5.17. The van der Waals surface area contributed by atoms with Gasteiger partial charge in [0.05, 0.1) is 6.04 Å². The van der Waals surface area contributed by atoms with Gasteiger partial charge in [-0.25, -0.2) is 14.1 Å². The fraction of sp³-hybridized carbons (Fsp3) is 0.189. The summed E-state index contributed by atoms with van der Waals surface area (Å²) in [5.41, 5.74) is 6.48. The molecule has 0 unspecified atom stereocenters. The van der Waals surface area contributed by atoms with Gasteiger partial charge in [0, 0.05) is 62.1 Å². The molecule has 4 aromatic carbocycles. The number of para-hydroxylation sites is 3. The first-order chi connectivity index (χ1) is 20.3. The molecule has 3 aromatic heterocycles. The molecule has 0 aliphatic heterocycles. The molecule has 43 heavy (non-hydrogen) atoms. The minimum atomic E-state index is 0. The average Bonchev–Trinajstić information content (AvgIpc) is 3.53. The predicted octanol–water partition coefficient (Wildman–Crippen LogP) is 9.47. The summed E-state index contributed by atoms with van der Waals surface area (Å²) in [6, 6.07) is 38.6. The molecule has 0 spiro atoms. The number of hydrogen-bond donors (Lipinski definition) is 0. The Bertz CT molecular complexity index is 2100. The standard InChI is InChI=1S/C37H33N4O.Pt/c1-25(2)39-24-40(34-16-9-8-15-33(34)39)27-11-10-12-28(22-27)42-29-17-18-31-30-13-6-7-14-32(30)41(35(31)23-29)36-21-26(19-20-38-36)37(3,4)5;/h6-21,24-25H,1-5H3;/q-1;. The molecule has 5 nitrogen and oxygen atoms in total. The van der Waals surface area contributed by atoms with Crippen molar-refractivity contribution < 1.29 is 25.8 Å². The number of imidazole rings is 1. The Kier molecular flexibility index (Phi) is 7.48. The average molecular weight is 745 g/mol. The molecule has 0 aliphatic carbocycles. The van der Waals surface area contributed by atoms with Crippen molar-refractivity contribution in [3.05, 3.63) is 121 Å². The van der Waals surface area contributed by atoms with Gasteiger partial charge in [-0.2, -0.15) is 12.1 Å². The van der Waals surface area contributed by atoms with E-state index in [-0.39, 0.29) is 26.5 Å². The maximum Gasteiger partial charge on any atom is 0.188 e. The van der Waals surface area contributed by atoms with Crippen molar-refractivity contribution in [2.45, 2.75) is 46.1 Å². The van der Waals surface area contributed by atoms with E-state index in [2.05, 4.69) is 140 Å². The van der Waals surface area contributed by atoms with Crippen LogP contribution in [0.15, 0.2) is 104 Å². The molecule has 3 heterocycles. The van der Waals surface area contributed by atoms with Crippen LogP contribution in [0.2, 0.25) is 0 Å². The molecular weight excluding hydrogens is 712 g/mol. The first-order valence-electron chi connectivity index (χ1n) is 14.4. The summed E-state index contributed by atoms with van der Waals surface area (Å²) < 4.78 is 13.0. The third-order valence-electron chi connectivity index (χ3n) is 7.85. The summed E-state index contributed by atoms with van der Waals surface area (Å²) in [4.78, 5) is 4.78. The normalized spacial score (nSPS) is 11.9. The molecule has 0 amide bonds. The van der Waals surface area contributed by atoms with Crippen molar-refractivity contribution in [1.82, 2.24) is 18.7 Å². The van der Waals surface area contributed by atoms with E-state index < -0.39 is 0 Å². The van der Waals surface area contributed by atoms with Crippen molar-refractivity contribution in [2.75, 3.05) is 0 Å². The van der Waals surface area contributed by atoms with Gasteiger partial charge < -0.3 is 9.30 Å². The van der Waals surface area contributed by atoms with E-state index in [1.165, 1.54) is 11.1 Å². The summed E-state index contributed by atoms with van der Waals surface area (Å²) in [6.07, 6.45) is 4.03. The zero-order valence-corrected chi connectivity index (χ0v) is 27.2. The van der Waals surface area contributed by atoms with Crippen molar-refractivity contribution in [2.24, 2.45) is 0 Å². The zero-order chi connectivity index (χ0) is 29.0. The van der Waals surface area contributed by atoms with Crippen LogP contribution in [0.1, 0.15) is 46.2 Å². The van der Waals surface area contributed by atoms with Crippen LogP contribution in [0, 0.1) is 12.1 Å². The smallest absolute Gasteiger partial charge is 0.188 e. The maximum absolute atomic E-state index is 6.41. The summed E-state index contributed by atoms with van der Waals surface area (Å²) >= 11 is 0. The second-order valence-corrected chi connectivity index (χ2v) is 12.1. The Morgan fingerprint density at radius 3 is 2.26 bits per heavy atom. The van der Waals surface area contributed by atoms with Gasteiger partial charge in [0.2, 0.25) is 0 Å². The van der Waals surface area contributed by atoms with Crippen molar-refractivity contribution in [3.8, 4) is 23.0 Å². The molecule has 0 saturated heterocycles. The molecule has 6 heteroatoms. The van der Waals surface area contributed by atoms with Gasteiger partial charge in [0.1, 0.15) is 5.82 Å². The van der Waals surface area contributed by atoms with Crippen molar-refractivity contribution >= 4 is 32.8 Å². The molecule has 0 fully saturated rings. The number of fused-ring (bicyclic) bond motifs is 4. The van der Waals surface area contributed by atoms with Crippen LogP contribution in [-0.2, 0) is 26.5 Å². The van der Waals surface area contributed by atoms with E-state index in [1.807, 2.05) is 24.4 Å². The van der Waals surface area contributed by atoms with Gasteiger partial charge in [0.25, 0.3) is 0 Å². The third-order valence-corrected chi connectivity index (χ3v) is 7.85. The van der Waals surface area contributed by atoms with E-state index >= 15 is 0 Å². The summed E-state index contributed by atoms with van der Waals surface area (Å²) in [5, 5.41) is 2.26. The van der Waals surface area contributed by atoms with Gasteiger partial charge >= 0.3 is 0 Å². The quantitative estimate of drug-likeness (QED) is 0.165. The van der Waals surface area contributed by atoms with Gasteiger partial charge in [-0.3, -0.25) is 0 Å². The number of rotatable bonds is 5. The molecule has 0 saturated carbocycles. The minimum absolute atomic E-state index is 0. The molecule has 0 radical (unpaired) electrons. The van der Waals surface area contributed by atoms with E-state index in [0.717, 1.165) is 38.8 Å². The van der Waals surface area contributed by atoms with Crippen molar-refractivity contribution in [1.29, 1.82) is 0 Å².